The largest absolute Gasteiger partial charge is 0.506 e. The SMILES string of the molecule is Cc1ncc(CSSCc2cnc(C)c(OC3OC(C(=O)O)C(O)C(O)C3O)c2C(=O)O)c(CO)c1O. The molecule has 202 valence electrons. The number of carboxylic acids is 2. The van der Waals surface area contributed by atoms with Gasteiger partial charge in [-0.25, -0.2) is 9.59 Å². The Hall–Kier alpha value is -2.66. The van der Waals surface area contributed by atoms with E-state index in [1.54, 1.807) is 13.1 Å². The molecule has 7 N–H and O–H groups in total. The van der Waals surface area contributed by atoms with E-state index in [1.807, 2.05) is 0 Å². The molecule has 0 amide bonds. The van der Waals surface area contributed by atoms with Gasteiger partial charge in [0.25, 0.3) is 0 Å². The first kappa shape index (κ1) is 28.9. The number of rotatable bonds is 10. The molecule has 1 fully saturated rings. The number of aliphatic hydroxyl groups excluding tert-OH is 4. The van der Waals surface area contributed by atoms with Crippen molar-refractivity contribution in [3.8, 4) is 11.5 Å². The smallest absolute Gasteiger partial charge is 0.339 e. The van der Waals surface area contributed by atoms with E-state index in [9.17, 15) is 45.3 Å². The number of hydrogen-bond acceptors (Lipinski definition) is 13. The zero-order valence-electron chi connectivity index (χ0n) is 19.6. The minimum absolute atomic E-state index is 0.0850. The molecule has 37 heavy (non-hydrogen) atoms. The molecule has 0 radical (unpaired) electrons. The number of carboxylic acid groups (broad SMARTS) is 2. The highest BCUT2D eigenvalue weighted by Gasteiger charge is 2.48. The number of aliphatic hydroxyl groups is 4. The van der Waals surface area contributed by atoms with Gasteiger partial charge in [0.2, 0.25) is 6.29 Å². The van der Waals surface area contributed by atoms with Crippen molar-refractivity contribution in [1.82, 2.24) is 9.97 Å². The molecule has 3 heterocycles. The van der Waals surface area contributed by atoms with E-state index in [4.69, 9.17) is 9.47 Å². The van der Waals surface area contributed by atoms with Crippen LogP contribution in [0, 0.1) is 13.8 Å². The molecule has 1 aliphatic heterocycles. The third kappa shape index (κ3) is 6.26. The van der Waals surface area contributed by atoms with E-state index >= 15 is 0 Å². The maximum Gasteiger partial charge on any atom is 0.339 e. The molecular formula is C22H26N2O11S2. The molecule has 0 bridgehead atoms. The minimum atomic E-state index is -1.93. The van der Waals surface area contributed by atoms with E-state index < -0.39 is 42.6 Å². The summed E-state index contributed by atoms with van der Waals surface area (Å²) in [6, 6.07) is 0. The summed E-state index contributed by atoms with van der Waals surface area (Å²) in [5, 5.41) is 68.9. The Morgan fingerprint density at radius 1 is 0.973 bits per heavy atom. The highest BCUT2D eigenvalue weighted by molar-refractivity contribution is 8.76. The highest BCUT2D eigenvalue weighted by atomic mass is 33.1. The monoisotopic (exact) mass is 558 g/mol. The van der Waals surface area contributed by atoms with Crippen LogP contribution >= 0.6 is 21.6 Å². The number of aliphatic carboxylic acids is 1. The van der Waals surface area contributed by atoms with Crippen LogP contribution in [0.15, 0.2) is 12.4 Å². The van der Waals surface area contributed by atoms with E-state index in [0.717, 1.165) is 0 Å². The predicted octanol–water partition coefficient (Wildman–Crippen LogP) is 0.342. The van der Waals surface area contributed by atoms with Crippen LogP contribution in [0.25, 0.3) is 0 Å². The van der Waals surface area contributed by atoms with Gasteiger partial charge < -0.3 is 45.2 Å². The summed E-state index contributed by atoms with van der Waals surface area (Å²) in [7, 11) is 2.58. The maximum absolute atomic E-state index is 12.1. The number of pyridine rings is 2. The van der Waals surface area contributed by atoms with Crippen molar-refractivity contribution in [2.24, 2.45) is 0 Å². The van der Waals surface area contributed by atoms with Crippen molar-refractivity contribution in [3.05, 3.63) is 46.0 Å². The first-order valence-electron chi connectivity index (χ1n) is 10.8. The lowest BCUT2D eigenvalue weighted by atomic mass is 9.99. The van der Waals surface area contributed by atoms with Crippen LogP contribution in [0.4, 0.5) is 0 Å². The van der Waals surface area contributed by atoms with Crippen LogP contribution in [0.3, 0.4) is 0 Å². The maximum atomic E-state index is 12.1. The molecule has 1 aliphatic rings. The summed E-state index contributed by atoms with van der Waals surface area (Å²) in [6.07, 6.45) is -6.55. The molecule has 0 saturated carbocycles. The summed E-state index contributed by atoms with van der Waals surface area (Å²) in [6.45, 7) is 2.68. The second kappa shape index (κ2) is 12.3. The Labute approximate surface area is 218 Å². The second-order valence-corrected chi connectivity index (χ2v) is 10.6. The second-order valence-electron chi connectivity index (χ2n) is 8.11. The summed E-state index contributed by atoms with van der Waals surface area (Å²) >= 11 is 0. The van der Waals surface area contributed by atoms with Gasteiger partial charge in [-0.3, -0.25) is 9.97 Å². The van der Waals surface area contributed by atoms with Crippen LogP contribution in [0.5, 0.6) is 11.5 Å². The lowest BCUT2D eigenvalue weighted by Gasteiger charge is -2.38. The Kier molecular flexibility index (Phi) is 9.57. The molecule has 0 spiro atoms. The lowest BCUT2D eigenvalue weighted by molar-refractivity contribution is -0.271. The quantitative estimate of drug-likeness (QED) is 0.154. The van der Waals surface area contributed by atoms with Crippen LogP contribution in [0.2, 0.25) is 0 Å². The Bertz CT molecular complexity index is 1170. The number of aryl methyl sites for hydroxylation is 2. The van der Waals surface area contributed by atoms with Gasteiger partial charge >= 0.3 is 11.9 Å². The first-order chi connectivity index (χ1) is 17.5. The molecule has 5 atom stereocenters. The fraction of sp³-hybridized carbons (Fsp3) is 0.455. The Morgan fingerprint density at radius 2 is 1.57 bits per heavy atom. The number of carbonyl (C=O) groups is 2. The molecular weight excluding hydrogens is 532 g/mol. The van der Waals surface area contributed by atoms with E-state index in [-0.39, 0.29) is 40.7 Å². The minimum Gasteiger partial charge on any atom is -0.506 e. The molecule has 15 heteroatoms. The summed E-state index contributed by atoms with van der Waals surface area (Å²) in [5.74, 6) is -2.87. The van der Waals surface area contributed by atoms with Crippen molar-refractivity contribution < 1.29 is 54.8 Å². The van der Waals surface area contributed by atoms with Gasteiger partial charge in [-0.2, -0.15) is 0 Å². The average Bonchev–Trinajstić information content (AvgIpc) is 2.85. The molecule has 0 aromatic carbocycles. The molecule has 5 unspecified atom stereocenters. The number of ether oxygens (including phenoxy) is 2. The zero-order chi connectivity index (χ0) is 27.4. The number of aromatic hydroxyl groups is 1. The summed E-state index contributed by atoms with van der Waals surface area (Å²) in [4.78, 5) is 31.7. The van der Waals surface area contributed by atoms with Crippen molar-refractivity contribution >= 4 is 33.5 Å². The van der Waals surface area contributed by atoms with Gasteiger partial charge in [-0.15, -0.1) is 0 Å². The highest BCUT2D eigenvalue weighted by Crippen LogP contribution is 2.36. The Morgan fingerprint density at radius 3 is 2.16 bits per heavy atom. The Balaban J connectivity index is 1.78. The molecule has 3 rings (SSSR count). The summed E-state index contributed by atoms with van der Waals surface area (Å²) in [5.41, 5.74) is 1.42. The fourth-order valence-electron chi connectivity index (χ4n) is 3.57. The van der Waals surface area contributed by atoms with E-state index in [2.05, 4.69) is 9.97 Å². The van der Waals surface area contributed by atoms with Crippen LogP contribution in [0.1, 0.15) is 38.4 Å². The zero-order valence-corrected chi connectivity index (χ0v) is 21.3. The van der Waals surface area contributed by atoms with Crippen LogP contribution in [-0.2, 0) is 27.6 Å². The number of nitrogens with zero attached hydrogens (tertiary/aromatic N) is 2. The fourth-order valence-corrected chi connectivity index (χ4v) is 5.72. The van der Waals surface area contributed by atoms with E-state index in [0.29, 0.717) is 22.6 Å². The molecule has 2 aromatic rings. The lowest BCUT2D eigenvalue weighted by Crippen LogP contribution is -2.61. The van der Waals surface area contributed by atoms with Crippen molar-refractivity contribution in [2.45, 2.75) is 62.7 Å². The third-order valence-corrected chi connectivity index (χ3v) is 7.88. The number of hydrogen-bond donors (Lipinski definition) is 7. The normalized spacial score (nSPS) is 23.6. The van der Waals surface area contributed by atoms with E-state index in [1.165, 1.54) is 34.7 Å². The van der Waals surface area contributed by atoms with Crippen LogP contribution < -0.4 is 4.74 Å². The molecule has 13 nitrogen and oxygen atoms in total. The summed E-state index contributed by atoms with van der Waals surface area (Å²) < 4.78 is 10.6. The van der Waals surface area contributed by atoms with Crippen molar-refractivity contribution in [2.75, 3.05) is 0 Å². The van der Waals surface area contributed by atoms with Gasteiger partial charge in [0, 0.05) is 29.5 Å². The van der Waals surface area contributed by atoms with Gasteiger partial charge in [-0.05, 0) is 25.0 Å². The van der Waals surface area contributed by atoms with Crippen molar-refractivity contribution in [3.63, 3.8) is 0 Å². The predicted molar refractivity (Wildman–Crippen MR) is 130 cm³/mol. The van der Waals surface area contributed by atoms with Gasteiger partial charge in [0.15, 0.2) is 11.9 Å². The molecule has 0 aliphatic carbocycles. The molecule has 2 aromatic heterocycles. The van der Waals surface area contributed by atoms with Gasteiger partial charge in [0.1, 0.15) is 29.6 Å². The van der Waals surface area contributed by atoms with Crippen LogP contribution in [-0.4, -0.2) is 88.4 Å². The van der Waals surface area contributed by atoms with Gasteiger partial charge in [0.05, 0.1) is 18.0 Å². The average molecular weight is 559 g/mol. The van der Waals surface area contributed by atoms with Gasteiger partial charge in [-0.1, -0.05) is 21.6 Å². The van der Waals surface area contributed by atoms with Crippen molar-refractivity contribution in [1.29, 1.82) is 0 Å². The topological polar surface area (TPSA) is 220 Å². The first-order valence-corrected chi connectivity index (χ1v) is 13.3. The number of aromatic nitrogens is 2. The number of aromatic carboxylic acids is 1. The third-order valence-electron chi connectivity index (χ3n) is 5.65. The standard InChI is InChI=1S/C22H26N2O11S2/c1-8-14(26)12(5-25)10(3-23-8)6-36-37-7-11-4-24-9(2)18(13(11)20(30)31)34-22-17(29)15(27)16(28)19(35-22)21(32)33/h3-4,15-17,19,22,25-29H,5-7H2,1-2H3,(H,30,31)(H,32,33). The molecule has 1 saturated heterocycles.